The standard InChI is InChI=1S/C9H9FOS/c1-6-7(5-12)3-4-8(10)9(6)11-2/h3-5H,1-2H3. The summed E-state index contributed by atoms with van der Waals surface area (Å²) in [7, 11) is 1.44. The van der Waals surface area contributed by atoms with E-state index in [4.69, 9.17) is 17.0 Å². The normalized spacial score (nSPS) is 9.58. The highest BCUT2D eigenvalue weighted by Gasteiger charge is 2.07. The third kappa shape index (κ3) is 1.46. The predicted octanol–water partition coefficient (Wildman–Crippen LogP) is 2.49. The van der Waals surface area contributed by atoms with Crippen molar-refractivity contribution in [2.24, 2.45) is 0 Å². The van der Waals surface area contributed by atoms with Gasteiger partial charge in [0.15, 0.2) is 11.6 Å². The van der Waals surface area contributed by atoms with Crippen LogP contribution in [0.15, 0.2) is 12.1 Å². The Morgan fingerprint density at radius 1 is 1.50 bits per heavy atom. The molecular weight excluding hydrogens is 175 g/mol. The Labute approximate surface area is 76.2 Å². The van der Waals surface area contributed by atoms with Crippen LogP contribution in [0, 0.1) is 12.7 Å². The topological polar surface area (TPSA) is 9.23 Å². The van der Waals surface area contributed by atoms with E-state index >= 15 is 0 Å². The van der Waals surface area contributed by atoms with Gasteiger partial charge in [-0.1, -0.05) is 18.3 Å². The van der Waals surface area contributed by atoms with E-state index in [1.807, 2.05) is 0 Å². The average molecular weight is 184 g/mol. The van der Waals surface area contributed by atoms with Crippen molar-refractivity contribution in [2.75, 3.05) is 7.11 Å². The summed E-state index contributed by atoms with van der Waals surface area (Å²) in [4.78, 5) is 0. The molecule has 0 amide bonds. The van der Waals surface area contributed by atoms with Crippen molar-refractivity contribution in [1.82, 2.24) is 0 Å². The van der Waals surface area contributed by atoms with Crippen molar-refractivity contribution >= 4 is 17.6 Å². The predicted molar refractivity (Wildman–Crippen MR) is 50.4 cm³/mol. The largest absolute Gasteiger partial charge is 0.493 e. The van der Waals surface area contributed by atoms with Crippen molar-refractivity contribution in [3.8, 4) is 5.75 Å². The molecule has 0 fully saturated rings. The van der Waals surface area contributed by atoms with Gasteiger partial charge in [-0.3, -0.25) is 0 Å². The highest BCUT2D eigenvalue weighted by atomic mass is 32.1. The summed E-state index contributed by atoms with van der Waals surface area (Å²) >= 11 is 4.75. The first-order valence-electron chi connectivity index (χ1n) is 3.49. The highest BCUT2D eigenvalue weighted by Crippen LogP contribution is 2.23. The molecule has 1 rings (SSSR count). The van der Waals surface area contributed by atoms with Crippen LogP contribution in [-0.2, 0) is 0 Å². The molecule has 0 aliphatic rings. The SMILES string of the molecule is COc1c(F)ccc(C=S)c1C. The van der Waals surface area contributed by atoms with Gasteiger partial charge in [-0.2, -0.15) is 0 Å². The summed E-state index contributed by atoms with van der Waals surface area (Å²) in [5, 5.41) is 1.51. The van der Waals surface area contributed by atoms with Gasteiger partial charge in [-0.25, -0.2) is 4.39 Å². The van der Waals surface area contributed by atoms with Crippen LogP contribution < -0.4 is 4.74 Å². The van der Waals surface area contributed by atoms with E-state index in [1.54, 1.807) is 13.0 Å². The average Bonchev–Trinajstić information content (AvgIpc) is 2.06. The first-order valence-corrected chi connectivity index (χ1v) is 3.96. The fraction of sp³-hybridized carbons (Fsp3) is 0.222. The van der Waals surface area contributed by atoms with Crippen molar-refractivity contribution < 1.29 is 9.13 Å². The molecule has 0 heterocycles. The molecule has 0 bridgehead atoms. The van der Waals surface area contributed by atoms with Crippen LogP contribution in [0.5, 0.6) is 5.75 Å². The zero-order valence-corrected chi connectivity index (χ0v) is 7.74. The van der Waals surface area contributed by atoms with Crippen molar-refractivity contribution in [3.05, 3.63) is 29.1 Å². The maximum absolute atomic E-state index is 13.0. The lowest BCUT2D eigenvalue weighted by atomic mass is 10.1. The summed E-state index contributed by atoms with van der Waals surface area (Å²) < 4.78 is 17.9. The molecule has 0 aliphatic heterocycles. The lowest BCUT2D eigenvalue weighted by Gasteiger charge is -2.07. The second-order valence-corrected chi connectivity index (χ2v) is 2.65. The molecule has 3 heteroatoms. The van der Waals surface area contributed by atoms with Crippen molar-refractivity contribution in [2.45, 2.75) is 6.92 Å². The maximum Gasteiger partial charge on any atom is 0.165 e. The van der Waals surface area contributed by atoms with Gasteiger partial charge in [-0.05, 0) is 18.6 Å². The molecule has 1 aromatic carbocycles. The molecular formula is C9H9FOS. The molecule has 1 nitrogen and oxygen atoms in total. The van der Waals surface area contributed by atoms with Crippen LogP contribution >= 0.6 is 12.2 Å². The number of hydrogen-bond donors (Lipinski definition) is 0. The molecule has 0 saturated carbocycles. The quantitative estimate of drug-likeness (QED) is 0.653. The summed E-state index contributed by atoms with van der Waals surface area (Å²) in [6.07, 6.45) is 0. The fourth-order valence-corrected chi connectivity index (χ4v) is 1.31. The zero-order valence-electron chi connectivity index (χ0n) is 6.93. The summed E-state index contributed by atoms with van der Waals surface area (Å²) in [5.74, 6) is -0.0794. The number of methoxy groups -OCH3 is 1. The number of thiocarbonyl (C=S) groups is 1. The van der Waals surface area contributed by atoms with Crippen LogP contribution in [0.4, 0.5) is 4.39 Å². The van der Waals surface area contributed by atoms with Gasteiger partial charge in [0.1, 0.15) is 0 Å². The molecule has 0 saturated heterocycles. The van der Waals surface area contributed by atoms with E-state index in [9.17, 15) is 4.39 Å². The minimum absolute atomic E-state index is 0.272. The lowest BCUT2D eigenvalue weighted by molar-refractivity contribution is 0.383. The summed E-state index contributed by atoms with van der Waals surface area (Å²) in [5.41, 5.74) is 1.57. The molecule has 1 aromatic rings. The molecule has 0 radical (unpaired) electrons. The van der Waals surface area contributed by atoms with Crippen molar-refractivity contribution in [1.29, 1.82) is 0 Å². The smallest absolute Gasteiger partial charge is 0.165 e. The Kier molecular flexibility index (Phi) is 2.76. The third-order valence-electron chi connectivity index (χ3n) is 1.73. The molecule has 0 unspecified atom stereocenters. The highest BCUT2D eigenvalue weighted by molar-refractivity contribution is 7.79. The Morgan fingerprint density at radius 3 is 2.67 bits per heavy atom. The van der Waals surface area contributed by atoms with E-state index in [0.29, 0.717) is 0 Å². The number of rotatable bonds is 2. The monoisotopic (exact) mass is 184 g/mol. The first kappa shape index (κ1) is 9.13. The van der Waals surface area contributed by atoms with Gasteiger partial charge in [0.25, 0.3) is 0 Å². The minimum atomic E-state index is -0.351. The van der Waals surface area contributed by atoms with Gasteiger partial charge >= 0.3 is 0 Å². The molecule has 0 atom stereocenters. The van der Waals surface area contributed by atoms with Crippen LogP contribution in [0.2, 0.25) is 0 Å². The van der Waals surface area contributed by atoms with Crippen LogP contribution in [0.3, 0.4) is 0 Å². The summed E-state index contributed by atoms with van der Waals surface area (Å²) in [6.45, 7) is 1.78. The molecule has 64 valence electrons. The lowest BCUT2D eigenvalue weighted by Crippen LogP contribution is -1.95. The van der Waals surface area contributed by atoms with E-state index < -0.39 is 0 Å². The third-order valence-corrected chi connectivity index (χ3v) is 1.98. The molecule has 0 aliphatic carbocycles. The fourth-order valence-electron chi connectivity index (χ4n) is 1.05. The van der Waals surface area contributed by atoms with E-state index in [-0.39, 0.29) is 11.6 Å². The second-order valence-electron chi connectivity index (χ2n) is 2.41. The molecule has 12 heavy (non-hydrogen) atoms. The Bertz CT molecular complexity index is 310. The zero-order chi connectivity index (χ0) is 9.14. The minimum Gasteiger partial charge on any atom is -0.493 e. The first-order chi connectivity index (χ1) is 5.70. The Morgan fingerprint density at radius 2 is 2.17 bits per heavy atom. The second kappa shape index (κ2) is 3.63. The number of halogens is 1. The number of hydrogen-bond acceptors (Lipinski definition) is 2. The van der Waals surface area contributed by atoms with Crippen LogP contribution in [0.25, 0.3) is 0 Å². The van der Waals surface area contributed by atoms with Crippen LogP contribution in [0.1, 0.15) is 11.1 Å². The van der Waals surface area contributed by atoms with Gasteiger partial charge in [0, 0.05) is 10.9 Å². The van der Waals surface area contributed by atoms with E-state index in [1.165, 1.54) is 18.5 Å². The van der Waals surface area contributed by atoms with Gasteiger partial charge in [0.05, 0.1) is 7.11 Å². The Hall–Kier alpha value is -0.960. The van der Waals surface area contributed by atoms with Gasteiger partial charge in [-0.15, -0.1) is 0 Å². The number of benzene rings is 1. The number of ether oxygens (including phenoxy) is 1. The molecule has 0 aromatic heterocycles. The van der Waals surface area contributed by atoms with E-state index in [2.05, 4.69) is 0 Å². The van der Waals surface area contributed by atoms with Crippen molar-refractivity contribution in [3.63, 3.8) is 0 Å². The van der Waals surface area contributed by atoms with E-state index in [0.717, 1.165) is 11.1 Å². The molecule has 0 N–H and O–H groups in total. The molecule has 0 spiro atoms. The van der Waals surface area contributed by atoms with Gasteiger partial charge < -0.3 is 4.74 Å². The van der Waals surface area contributed by atoms with Gasteiger partial charge in [0.2, 0.25) is 0 Å². The van der Waals surface area contributed by atoms with Crippen LogP contribution in [-0.4, -0.2) is 12.5 Å². The summed E-state index contributed by atoms with van der Waals surface area (Å²) in [6, 6.07) is 2.99. The Balaban J connectivity index is 3.33. The maximum atomic E-state index is 13.0.